The summed E-state index contributed by atoms with van der Waals surface area (Å²) in [5.41, 5.74) is 9.07. The number of ether oxygens (including phenoxy) is 1. The summed E-state index contributed by atoms with van der Waals surface area (Å²) in [6.45, 7) is 6.01. The van der Waals surface area contributed by atoms with E-state index < -0.39 is 5.92 Å². The highest BCUT2D eigenvalue weighted by molar-refractivity contribution is 5.55. The molecule has 24 heavy (non-hydrogen) atoms. The molecule has 1 aliphatic rings. The first kappa shape index (κ1) is 15.9. The van der Waals surface area contributed by atoms with E-state index in [1.54, 1.807) is 13.0 Å². The van der Waals surface area contributed by atoms with Gasteiger partial charge >= 0.3 is 0 Å². The number of nitrogens with one attached hydrogen (secondary N) is 1. The zero-order valence-corrected chi connectivity index (χ0v) is 13.9. The number of nitrogens with zero attached hydrogens (tertiary/aromatic N) is 1. The third-order valence-electron chi connectivity index (χ3n) is 4.29. The van der Waals surface area contributed by atoms with Gasteiger partial charge in [0.1, 0.15) is 17.4 Å². The van der Waals surface area contributed by atoms with Crippen LogP contribution in [-0.4, -0.2) is 4.98 Å². The molecular weight excluding hydrogens is 302 g/mol. The molecule has 5 heteroatoms. The number of allylic oxidation sites excluding steroid dienone is 1. The maximum atomic E-state index is 12.5. The Kier molecular flexibility index (Phi) is 3.90. The van der Waals surface area contributed by atoms with Crippen molar-refractivity contribution in [2.45, 2.75) is 32.6 Å². The third-order valence-corrected chi connectivity index (χ3v) is 4.29. The van der Waals surface area contributed by atoms with Crippen LogP contribution in [0.3, 0.4) is 0 Å². The molecule has 122 valence electrons. The first-order chi connectivity index (χ1) is 11.4. The van der Waals surface area contributed by atoms with E-state index in [9.17, 15) is 10.1 Å². The molecule has 1 aromatic carbocycles. The highest BCUT2D eigenvalue weighted by Crippen LogP contribution is 2.40. The van der Waals surface area contributed by atoms with Crippen molar-refractivity contribution in [2.75, 3.05) is 0 Å². The number of aryl methyl sites for hydroxylation is 1. The quantitative estimate of drug-likeness (QED) is 0.889. The molecule has 0 bridgehead atoms. The molecule has 3 N–H and O–H groups in total. The highest BCUT2D eigenvalue weighted by Gasteiger charge is 2.33. The van der Waals surface area contributed by atoms with Gasteiger partial charge in [0.25, 0.3) is 5.56 Å². The fraction of sp³-hybridized carbons (Fsp3) is 0.263. The largest absolute Gasteiger partial charge is 0.440 e. The average molecular weight is 321 g/mol. The van der Waals surface area contributed by atoms with Crippen LogP contribution in [0, 0.1) is 18.3 Å². The van der Waals surface area contributed by atoms with Crippen molar-refractivity contribution in [3.05, 3.63) is 74.5 Å². The smallest absolute Gasteiger partial charge is 0.256 e. The van der Waals surface area contributed by atoms with Gasteiger partial charge in [-0.2, -0.15) is 5.26 Å². The minimum atomic E-state index is -0.524. The Morgan fingerprint density at radius 1 is 1.29 bits per heavy atom. The molecule has 0 amide bonds. The van der Waals surface area contributed by atoms with Crippen LogP contribution >= 0.6 is 0 Å². The van der Waals surface area contributed by atoms with Crippen molar-refractivity contribution in [2.24, 2.45) is 5.73 Å². The van der Waals surface area contributed by atoms with Crippen molar-refractivity contribution in [3.63, 3.8) is 0 Å². The van der Waals surface area contributed by atoms with Crippen LogP contribution in [-0.2, 0) is 0 Å². The van der Waals surface area contributed by atoms with E-state index in [2.05, 4.69) is 24.9 Å². The molecule has 0 spiro atoms. The average Bonchev–Trinajstić information content (AvgIpc) is 2.53. The normalized spacial score (nSPS) is 16.5. The van der Waals surface area contributed by atoms with Crippen molar-refractivity contribution < 1.29 is 4.74 Å². The lowest BCUT2D eigenvalue weighted by molar-refractivity contribution is 0.391. The Morgan fingerprint density at radius 2 is 1.96 bits per heavy atom. The number of aromatic amines is 1. The summed E-state index contributed by atoms with van der Waals surface area (Å²) in [5.74, 6) is 0.339. The molecule has 1 aromatic heterocycles. The van der Waals surface area contributed by atoms with Gasteiger partial charge in [0.2, 0.25) is 5.88 Å². The summed E-state index contributed by atoms with van der Waals surface area (Å²) in [5, 5.41) is 9.53. The Balaban J connectivity index is 2.22. The van der Waals surface area contributed by atoms with Gasteiger partial charge in [-0.1, -0.05) is 38.1 Å². The molecule has 1 atom stereocenters. The van der Waals surface area contributed by atoms with Gasteiger partial charge in [0.15, 0.2) is 0 Å². The van der Waals surface area contributed by atoms with Gasteiger partial charge in [-0.05, 0) is 24.0 Å². The van der Waals surface area contributed by atoms with E-state index in [0.717, 1.165) is 5.56 Å². The Morgan fingerprint density at radius 3 is 2.54 bits per heavy atom. The second-order valence-electron chi connectivity index (χ2n) is 6.31. The lowest BCUT2D eigenvalue weighted by Crippen LogP contribution is -2.28. The Hall–Kier alpha value is -3.00. The van der Waals surface area contributed by atoms with Gasteiger partial charge in [-0.25, -0.2) is 0 Å². The molecule has 0 aliphatic carbocycles. The standard InChI is InChI=1S/C19H19N3O2/c1-10(2)12-4-6-13(7-5-12)16-14(9-20)18(21)24-15-8-11(3)22-19(23)17(15)16/h4-8,10,16H,21H2,1-3H3,(H,22,23)/t16-/m0/s1. The number of hydrogen-bond acceptors (Lipinski definition) is 4. The third kappa shape index (κ3) is 2.56. The molecule has 5 nitrogen and oxygen atoms in total. The van der Waals surface area contributed by atoms with Crippen LogP contribution in [0.2, 0.25) is 0 Å². The minimum absolute atomic E-state index is 0.0490. The molecule has 3 rings (SSSR count). The van der Waals surface area contributed by atoms with Crippen molar-refractivity contribution in [3.8, 4) is 11.8 Å². The van der Waals surface area contributed by atoms with Gasteiger partial charge in [-0.15, -0.1) is 0 Å². The van der Waals surface area contributed by atoms with E-state index in [1.165, 1.54) is 5.56 Å². The zero-order valence-electron chi connectivity index (χ0n) is 13.9. The Labute approximate surface area is 140 Å². The molecule has 0 saturated heterocycles. The molecule has 1 aliphatic heterocycles. The molecular formula is C19H19N3O2. The number of aromatic nitrogens is 1. The molecule has 0 fully saturated rings. The number of benzene rings is 1. The molecule has 2 aromatic rings. The zero-order chi connectivity index (χ0) is 17.4. The van der Waals surface area contributed by atoms with Gasteiger partial charge in [0.05, 0.1) is 11.5 Å². The summed E-state index contributed by atoms with van der Waals surface area (Å²) >= 11 is 0. The molecule has 0 unspecified atom stereocenters. The van der Waals surface area contributed by atoms with Crippen molar-refractivity contribution in [1.82, 2.24) is 4.98 Å². The maximum Gasteiger partial charge on any atom is 0.256 e. The van der Waals surface area contributed by atoms with Gasteiger partial charge in [0, 0.05) is 11.8 Å². The predicted octanol–water partition coefficient (Wildman–Crippen LogP) is 3.02. The summed E-state index contributed by atoms with van der Waals surface area (Å²) in [6.07, 6.45) is 0. The van der Waals surface area contributed by atoms with Crippen LogP contribution in [0.15, 0.2) is 46.6 Å². The van der Waals surface area contributed by atoms with Crippen LogP contribution in [0.4, 0.5) is 0 Å². The number of H-pyrrole nitrogens is 1. The van der Waals surface area contributed by atoms with Crippen LogP contribution in [0.5, 0.6) is 5.75 Å². The topological polar surface area (TPSA) is 91.9 Å². The first-order valence-corrected chi connectivity index (χ1v) is 7.83. The van der Waals surface area contributed by atoms with E-state index >= 15 is 0 Å². The second kappa shape index (κ2) is 5.89. The SMILES string of the molecule is Cc1cc2c(c(=O)[nH]1)[C@@H](c1ccc(C(C)C)cc1)C(C#N)=C(N)O2. The fourth-order valence-electron chi connectivity index (χ4n) is 3.01. The Bertz CT molecular complexity index is 915. The molecule has 2 heterocycles. The first-order valence-electron chi connectivity index (χ1n) is 7.83. The minimum Gasteiger partial charge on any atom is -0.440 e. The van der Waals surface area contributed by atoms with Gasteiger partial charge in [-0.3, -0.25) is 4.79 Å². The number of pyridine rings is 1. The summed E-state index contributed by atoms with van der Waals surface area (Å²) in [6, 6.07) is 11.7. The lowest BCUT2D eigenvalue weighted by atomic mass is 9.83. The summed E-state index contributed by atoms with van der Waals surface area (Å²) < 4.78 is 5.53. The second-order valence-corrected chi connectivity index (χ2v) is 6.31. The van der Waals surface area contributed by atoms with Gasteiger partial charge < -0.3 is 15.5 Å². The summed E-state index contributed by atoms with van der Waals surface area (Å²) in [7, 11) is 0. The summed E-state index contributed by atoms with van der Waals surface area (Å²) in [4.78, 5) is 15.3. The molecule has 0 radical (unpaired) electrons. The number of nitriles is 1. The fourth-order valence-corrected chi connectivity index (χ4v) is 3.01. The monoisotopic (exact) mass is 321 g/mol. The predicted molar refractivity (Wildman–Crippen MR) is 91.6 cm³/mol. The van der Waals surface area contributed by atoms with Crippen molar-refractivity contribution in [1.29, 1.82) is 5.26 Å². The van der Waals surface area contributed by atoms with Crippen molar-refractivity contribution >= 4 is 0 Å². The van der Waals surface area contributed by atoms with E-state index in [4.69, 9.17) is 10.5 Å². The van der Waals surface area contributed by atoms with E-state index in [1.807, 2.05) is 24.3 Å². The van der Waals surface area contributed by atoms with E-state index in [0.29, 0.717) is 22.9 Å². The van der Waals surface area contributed by atoms with Crippen LogP contribution in [0.25, 0.3) is 0 Å². The lowest BCUT2D eigenvalue weighted by Gasteiger charge is -2.26. The number of nitrogens with two attached hydrogens (primary N) is 1. The maximum absolute atomic E-state index is 12.5. The van der Waals surface area contributed by atoms with Crippen LogP contribution in [0.1, 0.15) is 48.1 Å². The number of rotatable bonds is 2. The molecule has 0 saturated carbocycles. The highest BCUT2D eigenvalue weighted by atomic mass is 16.5. The van der Waals surface area contributed by atoms with E-state index in [-0.39, 0.29) is 17.0 Å². The number of hydrogen-bond donors (Lipinski definition) is 2. The number of fused-ring (bicyclic) bond motifs is 1. The van der Waals surface area contributed by atoms with Crippen LogP contribution < -0.4 is 16.0 Å².